The highest BCUT2D eigenvalue weighted by atomic mass is 35.5. The van der Waals surface area contributed by atoms with Gasteiger partial charge >= 0.3 is 0 Å². The number of amides is 1. The van der Waals surface area contributed by atoms with Gasteiger partial charge in [-0.15, -0.1) is 0 Å². The van der Waals surface area contributed by atoms with Gasteiger partial charge in [0.25, 0.3) is 5.91 Å². The third kappa shape index (κ3) is 5.40. The summed E-state index contributed by atoms with van der Waals surface area (Å²) in [6.45, 7) is 8.86. The first-order valence-electron chi connectivity index (χ1n) is 9.92. The Morgan fingerprint density at radius 1 is 1.18 bits per heavy atom. The van der Waals surface area contributed by atoms with E-state index in [1.807, 2.05) is 56.3 Å². The van der Waals surface area contributed by atoms with Crippen LogP contribution in [-0.2, 0) is 4.79 Å². The Morgan fingerprint density at radius 3 is 2.54 bits per heavy atom. The SMILES string of the molecule is CCOc1ccccc1N1CC[NH+](CC(=O)N[C@@H](C)c2ccc(Cl)cc2)CC1. The predicted octanol–water partition coefficient (Wildman–Crippen LogP) is 2.32. The molecule has 6 heteroatoms. The first kappa shape index (κ1) is 20.5. The van der Waals surface area contributed by atoms with E-state index >= 15 is 0 Å². The highest BCUT2D eigenvalue weighted by Crippen LogP contribution is 2.27. The Hall–Kier alpha value is -2.24. The van der Waals surface area contributed by atoms with Gasteiger partial charge in [-0.25, -0.2) is 0 Å². The maximum Gasteiger partial charge on any atom is 0.275 e. The lowest BCUT2D eigenvalue weighted by molar-refractivity contribution is -0.892. The van der Waals surface area contributed by atoms with Crippen LogP contribution in [0.3, 0.4) is 0 Å². The van der Waals surface area contributed by atoms with Crippen molar-refractivity contribution in [1.82, 2.24) is 5.32 Å². The van der Waals surface area contributed by atoms with E-state index in [1.165, 1.54) is 4.90 Å². The molecule has 1 atom stereocenters. The Balaban J connectivity index is 1.49. The zero-order valence-electron chi connectivity index (χ0n) is 16.6. The largest absolute Gasteiger partial charge is 0.492 e. The van der Waals surface area contributed by atoms with Gasteiger partial charge in [-0.3, -0.25) is 4.79 Å². The first-order chi connectivity index (χ1) is 13.6. The third-order valence-electron chi connectivity index (χ3n) is 5.13. The van der Waals surface area contributed by atoms with Crippen LogP contribution in [0.2, 0.25) is 5.02 Å². The lowest BCUT2D eigenvalue weighted by atomic mass is 10.1. The Kier molecular flexibility index (Phi) is 7.18. The number of carbonyl (C=O) groups excluding carboxylic acids is 1. The Labute approximate surface area is 172 Å². The zero-order valence-corrected chi connectivity index (χ0v) is 17.3. The highest BCUT2D eigenvalue weighted by Gasteiger charge is 2.24. The van der Waals surface area contributed by atoms with E-state index in [0.29, 0.717) is 18.2 Å². The average Bonchev–Trinajstić information content (AvgIpc) is 2.70. The van der Waals surface area contributed by atoms with Crippen LogP contribution < -0.4 is 19.9 Å². The number of halogens is 1. The molecule has 1 fully saturated rings. The van der Waals surface area contributed by atoms with Crippen LogP contribution in [0.4, 0.5) is 5.69 Å². The summed E-state index contributed by atoms with van der Waals surface area (Å²) < 4.78 is 5.75. The second-order valence-electron chi connectivity index (χ2n) is 7.16. The van der Waals surface area contributed by atoms with Gasteiger partial charge in [-0.05, 0) is 43.7 Å². The van der Waals surface area contributed by atoms with Gasteiger partial charge in [0, 0.05) is 5.02 Å². The summed E-state index contributed by atoms with van der Waals surface area (Å²) in [7, 11) is 0. The average molecular weight is 403 g/mol. The van der Waals surface area contributed by atoms with Crippen LogP contribution in [0.5, 0.6) is 5.75 Å². The maximum absolute atomic E-state index is 12.5. The number of nitrogens with one attached hydrogen (secondary N) is 2. The molecule has 0 aromatic heterocycles. The Morgan fingerprint density at radius 2 is 1.86 bits per heavy atom. The first-order valence-corrected chi connectivity index (χ1v) is 10.3. The van der Waals surface area contributed by atoms with Crippen LogP contribution in [0.25, 0.3) is 0 Å². The number of hydrogen-bond donors (Lipinski definition) is 2. The van der Waals surface area contributed by atoms with Crippen molar-refractivity contribution in [3.05, 3.63) is 59.1 Å². The predicted molar refractivity (Wildman–Crippen MR) is 113 cm³/mol. The van der Waals surface area contributed by atoms with Crippen LogP contribution in [0.15, 0.2) is 48.5 Å². The number of nitrogens with zero attached hydrogens (tertiary/aromatic N) is 1. The fourth-order valence-corrected chi connectivity index (χ4v) is 3.72. The topological polar surface area (TPSA) is 46.0 Å². The van der Waals surface area contributed by atoms with Gasteiger partial charge < -0.3 is 19.9 Å². The molecule has 0 radical (unpaired) electrons. The molecule has 2 aromatic rings. The molecule has 1 heterocycles. The van der Waals surface area contributed by atoms with E-state index < -0.39 is 0 Å². The van der Waals surface area contributed by atoms with Gasteiger partial charge in [0.1, 0.15) is 5.75 Å². The summed E-state index contributed by atoms with van der Waals surface area (Å²) in [5.74, 6) is 1.02. The van der Waals surface area contributed by atoms with Crippen molar-refractivity contribution >= 4 is 23.2 Å². The van der Waals surface area contributed by atoms with E-state index in [2.05, 4.69) is 16.3 Å². The number of benzene rings is 2. The van der Waals surface area contributed by atoms with Crippen molar-refractivity contribution in [2.24, 2.45) is 0 Å². The number of carbonyl (C=O) groups is 1. The van der Waals surface area contributed by atoms with Gasteiger partial charge in [-0.2, -0.15) is 0 Å². The Bertz CT molecular complexity index is 774. The molecule has 150 valence electrons. The molecular weight excluding hydrogens is 374 g/mol. The molecule has 1 aliphatic rings. The number of ether oxygens (including phenoxy) is 1. The second kappa shape index (κ2) is 9.80. The molecular formula is C22H29ClN3O2+. The standard InChI is InChI=1S/C22H28ClN3O2/c1-3-28-21-7-5-4-6-20(21)26-14-12-25(13-15-26)16-22(27)24-17(2)18-8-10-19(23)11-9-18/h4-11,17H,3,12-16H2,1-2H3,(H,24,27)/p+1/t17-/m0/s1. The van der Waals surface area contributed by atoms with Gasteiger partial charge in [0.2, 0.25) is 0 Å². The van der Waals surface area contributed by atoms with Crippen molar-refractivity contribution in [3.63, 3.8) is 0 Å². The summed E-state index contributed by atoms with van der Waals surface area (Å²) in [4.78, 5) is 16.1. The third-order valence-corrected chi connectivity index (χ3v) is 5.39. The molecule has 5 nitrogen and oxygen atoms in total. The number of hydrogen-bond acceptors (Lipinski definition) is 3. The molecule has 1 saturated heterocycles. The number of rotatable bonds is 7. The van der Waals surface area contributed by atoms with Crippen molar-refractivity contribution < 1.29 is 14.4 Å². The summed E-state index contributed by atoms with van der Waals surface area (Å²) in [5.41, 5.74) is 2.20. The zero-order chi connectivity index (χ0) is 19.9. The lowest BCUT2D eigenvalue weighted by Crippen LogP contribution is -3.15. The molecule has 2 aromatic carbocycles. The van der Waals surface area contributed by atoms with Crippen LogP contribution in [0, 0.1) is 0 Å². The van der Waals surface area contributed by atoms with Crippen molar-refractivity contribution in [1.29, 1.82) is 0 Å². The highest BCUT2D eigenvalue weighted by molar-refractivity contribution is 6.30. The molecule has 1 amide bonds. The van der Waals surface area contributed by atoms with Gasteiger partial charge in [-0.1, -0.05) is 35.9 Å². The summed E-state index contributed by atoms with van der Waals surface area (Å²) in [5, 5.41) is 3.80. The number of para-hydroxylation sites is 2. The number of piperazine rings is 1. The summed E-state index contributed by atoms with van der Waals surface area (Å²) >= 11 is 5.93. The van der Waals surface area contributed by atoms with Crippen LogP contribution in [0.1, 0.15) is 25.5 Å². The molecule has 0 aliphatic carbocycles. The molecule has 3 rings (SSSR count). The van der Waals surface area contributed by atoms with Gasteiger partial charge in [0.15, 0.2) is 6.54 Å². The minimum Gasteiger partial charge on any atom is -0.492 e. The second-order valence-corrected chi connectivity index (χ2v) is 7.59. The van der Waals surface area contributed by atoms with E-state index in [1.54, 1.807) is 0 Å². The molecule has 0 bridgehead atoms. The molecule has 2 N–H and O–H groups in total. The fourth-order valence-electron chi connectivity index (χ4n) is 3.59. The van der Waals surface area contributed by atoms with Gasteiger partial charge in [0.05, 0.1) is 44.5 Å². The molecule has 0 unspecified atom stereocenters. The summed E-state index contributed by atoms with van der Waals surface area (Å²) in [6, 6.07) is 15.8. The molecule has 0 saturated carbocycles. The maximum atomic E-state index is 12.5. The van der Waals surface area contributed by atoms with Crippen molar-refractivity contribution in [2.75, 3.05) is 44.2 Å². The number of anilines is 1. The van der Waals surface area contributed by atoms with E-state index in [9.17, 15) is 4.79 Å². The quantitative estimate of drug-likeness (QED) is 0.747. The summed E-state index contributed by atoms with van der Waals surface area (Å²) in [6.07, 6.45) is 0. The molecule has 28 heavy (non-hydrogen) atoms. The van der Waals surface area contributed by atoms with Crippen molar-refractivity contribution in [3.8, 4) is 5.75 Å². The van der Waals surface area contributed by atoms with Crippen LogP contribution >= 0.6 is 11.6 Å². The van der Waals surface area contributed by atoms with E-state index in [-0.39, 0.29) is 11.9 Å². The van der Waals surface area contributed by atoms with E-state index in [4.69, 9.17) is 16.3 Å². The normalized spacial score (nSPS) is 15.9. The van der Waals surface area contributed by atoms with Crippen molar-refractivity contribution in [2.45, 2.75) is 19.9 Å². The molecule has 0 spiro atoms. The monoisotopic (exact) mass is 402 g/mol. The fraction of sp³-hybridized carbons (Fsp3) is 0.409. The lowest BCUT2D eigenvalue weighted by Gasteiger charge is -2.34. The minimum absolute atomic E-state index is 0.0245. The van der Waals surface area contributed by atoms with E-state index in [0.717, 1.165) is 43.2 Å². The number of quaternary nitrogens is 1. The smallest absolute Gasteiger partial charge is 0.275 e. The molecule has 1 aliphatic heterocycles. The van der Waals surface area contributed by atoms with Crippen LogP contribution in [-0.4, -0.2) is 45.2 Å². The minimum atomic E-state index is -0.0245.